The monoisotopic (exact) mass is 552 g/mol. The lowest BCUT2D eigenvalue weighted by molar-refractivity contribution is 0.659. The Hall–Kier alpha value is -4.68. The molecule has 0 heterocycles. The van der Waals surface area contributed by atoms with E-state index in [1.807, 2.05) is 0 Å². The molecule has 0 fully saturated rings. The van der Waals surface area contributed by atoms with Crippen molar-refractivity contribution < 1.29 is 0 Å². The summed E-state index contributed by atoms with van der Waals surface area (Å²) in [4.78, 5) is 0. The van der Waals surface area contributed by atoms with Crippen molar-refractivity contribution in [2.75, 3.05) is 0 Å². The molecule has 0 N–H and O–H groups in total. The van der Waals surface area contributed by atoms with Crippen LogP contribution in [-0.4, -0.2) is 0 Å². The fourth-order valence-corrected chi connectivity index (χ4v) is 7.72. The summed E-state index contributed by atoms with van der Waals surface area (Å²) < 4.78 is 0. The van der Waals surface area contributed by atoms with Crippen molar-refractivity contribution in [3.63, 3.8) is 0 Å². The van der Waals surface area contributed by atoms with E-state index in [0.29, 0.717) is 0 Å². The minimum absolute atomic E-state index is 0.00856. The summed E-state index contributed by atoms with van der Waals surface area (Å²) in [6.45, 7) is 11.7. The van der Waals surface area contributed by atoms with Gasteiger partial charge in [0.05, 0.1) is 0 Å². The lowest BCUT2D eigenvalue weighted by Gasteiger charge is -2.24. The first-order valence-corrected chi connectivity index (χ1v) is 15.4. The number of hydrogen-bond acceptors (Lipinski definition) is 0. The Morgan fingerprint density at radius 3 is 1.26 bits per heavy atom. The van der Waals surface area contributed by atoms with E-state index in [9.17, 15) is 0 Å². The molecule has 43 heavy (non-hydrogen) atoms. The Labute approximate surface area is 255 Å². The summed E-state index contributed by atoms with van der Waals surface area (Å²) in [6.07, 6.45) is 0. The number of hydrogen-bond donors (Lipinski definition) is 0. The topological polar surface area (TPSA) is 0 Å². The smallest absolute Gasteiger partial charge is 0.0159 e. The second-order valence-electron chi connectivity index (χ2n) is 13.5. The molecular formula is C43H36. The predicted molar refractivity (Wildman–Crippen MR) is 183 cm³/mol. The van der Waals surface area contributed by atoms with Gasteiger partial charge in [-0.05, 0) is 103 Å². The summed E-state index contributed by atoms with van der Waals surface area (Å²) >= 11 is 0. The lowest BCUT2D eigenvalue weighted by atomic mass is 9.79. The molecule has 0 spiro atoms. The first-order valence-electron chi connectivity index (χ1n) is 15.4. The van der Waals surface area contributed by atoms with Gasteiger partial charge in [0.1, 0.15) is 0 Å². The van der Waals surface area contributed by atoms with Gasteiger partial charge in [-0.15, -0.1) is 0 Å². The summed E-state index contributed by atoms with van der Waals surface area (Å²) in [5.74, 6) is 0. The fourth-order valence-electron chi connectivity index (χ4n) is 7.72. The lowest BCUT2D eigenvalue weighted by Crippen LogP contribution is -2.15. The van der Waals surface area contributed by atoms with Gasteiger partial charge < -0.3 is 0 Å². The quantitative estimate of drug-likeness (QED) is 0.205. The predicted octanol–water partition coefficient (Wildman–Crippen LogP) is 11.6. The second-order valence-corrected chi connectivity index (χ2v) is 13.5. The number of aryl methyl sites for hydroxylation is 1. The molecule has 8 rings (SSSR count). The van der Waals surface area contributed by atoms with Gasteiger partial charge in [0.25, 0.3) is 0 Å². The van der Waals surface area contributed by atoms with Crippen molar-refractivity contribution in [3.8, 4) is 55.6 Å². The molecule has 0 heteroatoms. The molecule has 208 valence electrons. The van der Waals surface area contributed by atoms with E-state index in [1.165, 1.54) is 83.5 Å². The third-order valence-electron chi connectivity index (χ3n) is 10.2. The average molecular weight is 553 g/mol. The average Bonchev–Trinajstić information content (AvgIpc) is 3.39. The Kier molecular flexibility index (Phi) is 5.53. The summed E-state index contributed by atoms with van der Waals surface area (Å²) in [6, 6.07) is 47.8. The standard InChI is InChI=1S/C43H36/c1-27-15-19-34-35-20-16-29(24-39(35)42(2,3)38(34)23-27)30-17-21-36-37-22-18-31(26-41(37)43(4,5)40(36)25-30)33-14-10-9-13-32(33)28-11-7-6-8-12-28/h6-26H,1-5H3. The van der Waals surface area contributed by atoms with Crippen molar-refractivity contribution >= 4 is 0 Å². The molecule has 0 bridgehead atoms. The van der Waals surface area contributed by atoms with Gasteiger partial charge in [-0.25, -0.2) is 0 Å². The Balaban J connectivity index is 1.20. The molecule has 0 unspecified atom stereocenters. The van der Waals surface area contributed by atoms with E-state index in [-0.39, 0.29) is 10.8 Å². The van der Waals surface area contributed by atoms with Crippen molar-refractivity contribution in [2.24, 2.45) is 0 Å². The number of fused-ring (bicyclic) bond motifs is 6. The largest absolute Gasteiger partial charge is 0.0622 e. The van der Waals surface area contributed by atoms with Gasteiger partial charge in [-0.1, -0.05) is 142 Å². The van der Waals surface area contributed by atoms with Crippen molar-refractivity contribution in [1.82, 2.24) is 0 Å². The maximum atomic E-state index is 2.45. The van der Waals surface area contributed by atoms with Gasteiger partial charge in [0.2, 0.25) is 0 Å². The van der Waals surface area contributed by atoms with Crippen LogP contribution in [0.3, 0.4) is 0 Å². The van der Waals surface area contributed by atoms with Crippen LogP contribution in [0.5, 0.6) is 0 Å². The van der Waals surface area contributed by atoms with Crippen LogP contribution < -0.4 is 0 Å². The van der Waals surface area contributed by atoms with E-state index in [2.05, 4.69) is 162 Å². The van der Waals surface area contributed by atoms with Gasteiger partial charge in [-0.2, -0.15) is 0 Å². The highest BCUT2D eigenvalue weighted by molar-refractivity contribution is 5.90. The maximum absolute atomic E-state index is 2.45. The van der Waals surface area contributed by atoms with Crippen LogP contribution in [0.4, 0.5) is 0 Å². The second kappa shape index (κ2) is 9.16. The minimum Gasteiger partial charge on any atom is -0.0622 e. The van der Waals surface area contributed by atoms with Crippen molar-refractivity contribution in [2.45, 2.75) is 45.4 Å². The molecular weight excluding hydrogens is 516 g/mol. The fraction of sp³-hybridized carbons (Fsp3) is 0.163. The van der Waals surface area contributed by atoms with E-state index >= 15 is 0 Å². The number of rotatable bonds is 3. The highest BCUT2D eigenvalue weighted by atomic mass is 14.4. The van der Waals surface area contributed by atoms with E-state index < -0.39 is 0 Å². The molecule has 0 aliphatic heterocycles. The van der Waals surface area contributed by atoms with Crippen LogP contribution in [0.2, 0.25) is 0 Å². The van der Waals surface area contributed by atoms with Gasteiger partial charge in [0, 0.05) is 10.8 Å². The van der Waals surface area contributed by atoms with Gasteiger partial charge in [0.15, 0.2) is 0 Å². The van der Waals surface area contributed by atoms with E-state index in [4.69, 9.17) is 0 Å². The Bertz CT molecular complexity index is 2070. The van der Waals surface area contributed by atoms with Gasteiger partial charge >= 0.3 is 0 Å². The molecule has 0 amide bonds. The molecule has 0 aromatic heterocycles. The van der Waals surface area contributed by atoms with Crippen molar-refractivity contribution in [1.29, 1.82) is 0 Å². The number of benzene rings is 6. The molecule has 0 atom stereocenters. The Morgan fingerprint density at radius 1 is 0.326 bits per heavy atom. The molecule has 6 aromatic carbocycles. The maximum Gasteiger partial charge on any atom is 0.0159 e. The normalized spacial score (nSPS) is 15.0. The Morgan fingerprint density at radius 2 is 0.721 bits per heavy atom. The van der Waals surface area contributed by atoms with Crippen molar-refractivity contribution in [3.05, 3.63) is 155 Å². The zero-order chi connectivity index (χ0) is 29.5. The summed E-state index contributed by atoms with van der Waals surface area (Å²) in [7, 11) is 0. The van der Waals surface area contributed by atoms with Crippen LogP contribution >= 0.6 is 0 Å². The van der Waals surface area contributed by atoms with Crippen LogP contribution in [-0.2, 0) is 10.8 Å². The third-order valence-corrected chi connectivity index (χ3v) is 10.2. The van der Waals surface area contributed by atoms with Crippen LogP contribution in [0.1, 0.15) is 55.5 Å². The molecule has 2 aliphatic carbocycles. The molecule has 0 saturated carbocycles. The van der Waals surface area contributed by atoms with Crippen LogP contribution in [0, 0.1) is 6.92 Å². The minimum atomic E-state index is -0.0951. The first kappa shape index (κ1) is 26.0. The molecule has 0 nitrogen and oxygen atoms in total. The first-order chi connectivity index (χ1) is 20.7. The summed E-state index contributed by atoms with van der Waals surface area (Å²) in [5.41, 5.74) is 20.0. The zero-order valence-corrected chi connectivity index (χ0v) is 25.6. The van der Waals surface area contributed by atoms with E-state index in [0.717, 1.165) is 0 Å². The molecule has 0 radical (unpaired) electrons. The van der Waals surface area contributed by atoms with Crippen LogP contribution in [0.15, 0.2) is 127 Å². The molecule has 2 aliphatic rings. The summed E-state index contributed by atoms with van der Waals surface area (Å²) in [5, 5.41) is 0. The third kappa shape index (κ3) is 3.83. The van der Waals surface area contributed by atoms with E-state index in [1.54, 1.807) is 0 Å². The van der Waals surface area contributed by atoms with Crippen LogP contribution in [0.25, 0.3) is 55.6 Å². The molecule has 6 aromatic rings. The highest BCUT2D eigenvalue weighted by Gasteiger charge is 2.37. The van der Waals surface area contributed by atoms with Gasteiger partial charge in [-0.3, -0.25) is 0 Å². The highest BCUT2D eigenvalue weighted by Crippen LogP contribution is 2.53. The SMILES string of the molecule is Cc1ccc2c(c1)C(C)(C)c1cc(-c3ccc4c(c3)C(C)(C)c3cc(-c5ccccc5-c5ccccc5)ccc3-4)ccc1-2. The zero-order valence-electron chi connectivity index (χ0n) is 25.6. The molecule has 0 saturated heterocycles.